The third-order valence-electron chi connectivity index (χ3n) is 5.39. The molecule has 0 saturated heterocycles. The molecule has 4 rings (SSSR count). The number of aromatic nitrogens is 1. The lowest BCUT2D eigenvalue weighted by Gasteiger charge is -2.31. The van der Waals surface area contributed by atoms with Gasteiger partial charge >= 0.3 is 0 Å². The summed E-state index contributed by atoms with van der Waals surface area (Å²) in [6.45, 7) is 1.26. The highest BCUT2D eigenvalue weighted by molar-refractivity contribution is 5.81. The van der Waals surface area contributed by atoms with Gasteiger partial charge in [0.05, 0.1) is 0 Å². The number of fused-ring (bicyclic) bond motifs is 1. The van der Waals surface area contributed by atoms with Gasteiger partial charge in [0.25, 0.3) is 5.56 Å². The van der Waals surface area contributed by atoms with Gasteiger partial charge in [0, 0.05) is 24.2 Å². The van der Waals surface area contributed by atoms with E-state index in [1.54, 1.807) is 12.1 Å². The Labute approximate surface area is 167 Å². The van der Waals surface area contributed by atoms with E-state index in [-0.39, 0.29) is 11.4 Å². The zero-order valence-corrected chi connectivity index (χ0v) is 15.9. The Morgan fingerprint density at radius 1 is 1.10 bits per heavy atom. The van der Waals surface area contributed by atoms with Crippen LogP contribution in [-0.2, 0) is 6.42 Å². The van der Waals surface area contributed by atoms with Crippen LogP contribution in [0.15, 0.2) is 59.4 Å². The summed E-state index contributed by atoms with van der Waals surface area (Å²) in [6, 6.07) is 12.5. The SMILES string of the molecule is O=c1[nH]c(CCC(O)N2CC=C(c3cccc(F)c3)CC2)cc2ccc(F)cc12. The van der Waals surface area contributed by atoms with Crippen molar-refractivity contribution in [1.29, 1.82) is 0 Å². The number of H-pyrrole nitrogens is 1. The van der Waals surface area contributed by atoms with Crippen LogP contribution in [-0.4, -0.2) is 34.3 Å². The standard InChI is InChI=1S/C23H22F2N2O2/c24-18-3-1-2-16(12-18)15-8-10-27(11-9-15)22(28)7-6-20-13-17-4-5-19(25)14-21(17)23(29)26-20/h1-5,8,12-14,22,28H,6-7,9-11H2,(H,26,29). The molecule has 150 valence electrons. The van der Waals surface area contributed by atoms with Crippen LogP contribution in [0.5, 0.6) is 0 Å². The molecule has 3 aromatic rings. The molecule has 1 atom stereocenters. The second-order valence-electron chi connectivity index (χ2n) is 7.36. The molecular weight excluding hydrogens is 374 g/mol. The summed E-state index contributed by atoms with van der Waals surface area (Å²) in [5.41, 5.74) is 2.34. The first-order chi connectivity index (χ1) is 14.0. The Kier molecular flexibility index (Phi) is 5.56. The zero-order chi connectivity index (χ0) is 20.4. The van der Waals surface area contributed by atoms with Gasteiger partial charge in [-0.1, -0.05) is 24.3 Å². The highest BCUT2D eigenvalue weighted by atomic mass is 19.1. The van der Waals surface area contributed by atoms with Crippen molar-refractivity contribution < 1.29 is 13.9 Å². The van der Waals surface area contributed by atoms with Crippen molar-refractivity contribution in [2.45, 2.75) is 25.5 Å². The maximum Gasteiger partial charge on any atom is 0.256 e. The normalized spacial score (nSPS) is 16.0. The number of hydrogen-bond acceptors (Lipinski definition) is 3. The molecule has 0 bridgehead atoms. The zero-order valence-electron chi connectivity index (χ0n) is 15.9. The van der Waals surface area contributed by atoms with E-state index in [1.807, 2.05) is 23.1 Å². The number of aryl methyl sites for hydroxylation is 1. The molecule has 6 heteroatoms. The van der Waals surface area contributed by atoms with Gasteiger partial charge in [-0.25, -0.2) is 8.78 Å². The molecule has 0 fully saturated rings. The Balaban J connectivity index is 1.39. The summed E-state index contributed by atoms with van der Waals surface area (Å²) in [5.74, 6) is -0.695. The molecule has 1 aliphatic heterocycles. The Bertz CT molecular complexity index is 1120. The average molecular weight is 396 g/mol. The Morgan fingerprint density at radius 2 is 1.93 bits per heavy atom. The first-order valence-corrected chi connectivity index (χ1v) is 9.68. The molecule has 1 aliphatic rings. The average Bonchev–Trinajstić information content (AvgIpc) is 2.73. The fourth-order valence-electron chi connectivity index (χ4n) is 3.80. The van der Waals surface area contributed by atoms with Gasteiger partial charge in [-0.05, 0) is 66.1 Å². The van der Waals surface area contributed by atoms with Gasteiger partial charge in [0.2, 0.25) is 0 Å². The van der Waals surface area contributed by atoms with E-state index in [4.69, 9.17) is 0 Å². The van der Waals surface area contributed by atoms with Crippen molar-refractivity contribution in [3.8, 4) is 0 Å². The van der Waals surface area contributed by atoms with E-state index < -0.39 is 12.0 Å². The van der Waals surface area contributed by atoms with E-state index in [2.05, 4.69) is 4.98 Å². The maximum atomic E-state index is 13.4. The van der Waals surface area contributed by atoms with Crippen LogP contribution in [0.1, 0.15) is 24.1 Å². The fraction of sp³-hybridized carbons (Fsp3) is 0.261. The van der Waals surface area contributed by atoms with Gasteiger partial charge in [0.15, 0.2) is 0 Å². The van der Waals surface area contributed by atoms with E-state index >= 15 is 0 Å². The Morgan fingerprint density at radius 3 is 2.69 bits per heavy atom. The molecule has 2 N–H and O–H groups in total. The van der Waals surface area contributed by atoms with Crippen molar-refractivity contribution >= 4 is 16.3 Å². The van der Waals surface area contributed by atoms with Gasteiger partial charge in [0.1, 0.15) is 17.9 Å². The highest BCUT2D eigenvalue weighted by Gasteiger charge is 2.19. The van der Waals surface area contributed by atoms with Crippen molar-refractivity contribution in [2.75, 3.05) is 13.1 Å². The van der Waals surface area contributed by atoms with Crippen molar-refractivity contribution in [2.24, 2.45) is 0 Å². The largest absolute Gasteiger partial charge is 0.378 e. The number of aliphatic hydroxyl groups excluding tert-OH is 1. The molecule has 4 nitrogen and oxygen atoms in total. The molecule has 1 aromatic heterocycles. The Hall–Kier alpha value is -2.83. The number of aliphatic hydroxyl groups is 1. The van der Waals surface area contributed by atoms with Crippen molar-refractivity contribution in [1.82, 2.24) is 9.88 Å². The molecule has 0 spiro atoms. The number of nitrogens with zero attached hydrogens (tertiary/aromatic N) is 1. The predicted octanol–water partition coefficient (Wildman–Crippen LogP) is 3.85. The van der Waals surface area contributed by atoms with E-state index in [0.717, 1.165) is 17.6 Å². The second kappa shape index (κ2) is 8.27. The first kappa shape index (κ1) is 19.5. The molecule has 0 saturated carbocycles. The molecule has 29 heavy (non-hydrogen) atoms. The maximum absolute atomic E-state index is 13.4. The summed E-state index contributed by atoms with van der Waals surface area (Å²) in [6.07, 6.45) is 3.08. The number of nitrogens with one attached hydrogen (secondary N) is 1. The minimum absolute atomic E-state index is 0.252. The third kappa shape index (κ3) is 4.44. The van der Waals surface area contributed by atoms with Crippen LogP contribution < -0.4 is 5.56 Å². The summed E-state index contributed by atoms with van der Waals surface area (Å²) < 4.78 is 26.7. The van der Waals surface area contributed by atoms with Gasteiger partial charge < -0.3 is 10.1 Å². The summed E-state index contributed by atoms with van der Waals surface area (Å²) >= 11 is 0. The first-order valence-electron chi connectivity index (χ1n) is 9.68. The van der Waals surface area contributed by atoms with Crippen LogP contribution in [0, 0.1) is 11.6 Å². The number of halogens is 2. The molecule has 0 amide bonds. The summed E-state index contributed by atoms with van der Waals surface area (Å²) in [4.78, 5) is 16.9. The van der Waals surface area contributed by atoms with Crippen LogP contribution in [0.4, 0.5) is 8.78 Å². The highest BCUT2D eigenvalue weighted by Crippen LogP contribution is 2.24. The smallest absolute Gasteiger partial charge is 0.256 e. The van der Waals surface area contributed by atoms with Crippen LogP contribution in [0.3, 0.4) is 0 Å². The predicted molar refractivity (Wildman–Crippen MR) is 109 cm³/mol. The lowest BCUT2D eigenvalue weighted by atomic mass is 9.99. The topological polar surface area (TPSA) is 56.3 Å². The molecular formula is C23H22F2N2O2. The minimum atomic E-state index is -0.646. The van der Waals surface area contributed by atoms with Gasteiger partial charge in [-0.15, -0.1) is 0 Å². The summed E-state index contributed by atoms with van der Waals surface area (Å²) in [5, 5.41) is 11.6. The van der Waals surface area contributed by atoms with E-state index in [1.165, 1.54) is 24.3 Å². The van der Waals surface area contributed by atoms with Crippen LogP contribution in [0.2, 0.25) is 0 Å². The number of aromatic amines is 1. The van der Waals surface area contributed by atoms with Crippen molar-refractivity contribution in [3.63, 3.8) is 0 Å². The molecule has 2 heterocycles. The minimum Gasteiger partial charge on any atom is -0.378 e. The number of hydrogen-bond donors (Lipinski definition) is 2. The fourth-order valence-corrected chi connectivity index (χ4v) is 3.80. The second-order valence-corrected chi connectivity index (χ2v) is 7.36. The molecule has 2 aromatic carbocycles. The third-order valence-corrected chi connectivity index (χ3v) is 5.39. The number of pyridine rings is 1. The van der Waals surface area contributed by atoms with Crippen LogP contribution in [0.25, 0.3) is 16.3 Å². The lowest BCUT2D eigenvalue weighted by molar-refractivity contribution is 0.00492. The quantitative estimate of drug-likeness (QED) is 0.689. The molecule has 0 radical (unpaired) electrons. The lowest BCUT2D eigenvalue weighted by Crippen LogP contribution is -2.38. The number of rotatable bonds is 5. The van der Waals surface area contributed by atoms with E-state index in [0.29, 0.717) is 42.4 Å². The molecule has 0 aliphatic carbocycles. The van der Waals surface area contributed by atoms with E-state index in [9.17, 15) is 18.7 Å². The van der Waals surface area contributed by atoms with Gasteiger partial charge in [-0.3, -0.25) is 9.69 Å². The van der Waals surface area contributed by atoms with Crippen LogP contribution >= 0.6 is 0 Å². The number of benzene rings is 2. The van der Waals surface area contributed by atoms with Gasteiger partial charge in [-0.2, -0.15) is 0 Å². The van der Waals surface area contributed by atoms with Crippen molar-refractivity contribution in [3.05, 3.63) is 87.9 Å². The molecule has 1 unspecified atom stereocenters. The monoisotopic (exact) mass is 396 g/mol. The summed E-state index contributed by atoms with van der Waals surface area (Å²) in [7, 11) is 0.